The molecule has 2 N–H and O–H groups in total. The van der Waals surface area contributed by atoms with Gasteiger partial charge in [-0.25, -0.2) is 4.68 Å². The molecule has 0 saturated carbocycles. The molecule has 1 aromatic heterocycles. The van der Waals surface area contributed by atoms with Gasteiger partial charge in [0.15, 0.2) is 11.4 Å². The van der Waals surface area contributed by atoms with E-state index >= 15 is 0 Å². The number of rotatable bonds is 7. The molecule has 0 aliphatic heterocycles. The van der Waals surface area contributed by atoms with Crippen LogP contribution in [0.15, 0.2) is 53.5 Å². The minimum absolute atomic E-state index is 0.123. The molecule has 0 spiro atoms. The molecule has 0 aliphatic carbocycles. The minimum Gasteiger partial charge on any atom is -0.453 e. The first kappa shape index (κ1) is 21.1. The molecule has 0 saturated heterocycles. The molecule has 0 atom stereocenters. The van der Waals surface area contributed by atoms with Crippen molar-refractivity contribution in [2.45, 2.75) is 27.2 Å². The quantitative estimate of drug-likeness (QED) is 0.618. The number of carbonyl (C=O) groups excluding carboxylic acids is 1. The van der Waals surface area contributed by atoms with Gasteiger partial charge in [-0.2, -0.15) is 5.10 Å². The largest absolute Gasteiger partial charge is 0.453 e. The Labute approximate surface area is 175 Å². The first-order valence-electron chi connectivity index (χ1n) is 9.85. The van der Waals surface area contributed by atoms with Crippen LogP contribution < -0.4 is 20.9 Å². The van der Waals surface area contributed by atoms with Crippen LogP contribution in [-0.2, 0) is 7.05 Å². The predicted molar refractivity (Wildman–Crippen MR) is 118 cm³/mol. The lowest BCUT2D eigenvalue weighted by Crippen LogP contribution is -2.24. The second kappa shape index (κ2) is 9.26. The second-order valence-corrected chi connectivity index (χ2v) is 7.14. The summed E-state index contributed by atoms with van der Waals surface area (Å²) in [5.41, 5.74) is 3.27. The standard InChI is InChI=1S/C23H26N4O3/c1-5-12-24-22(28)17-7-9-18(10-8-17)26-21-20(14-25-27(4)23(21)29)30-19-11-6-15(2)13-16(19)3/h6-11,13-14,26H,5,12H2,1-4H3,(H,24,28). The molecule has 30 heavy (non-hydrogen) atoms. The summed E-state index contributed by atoms with van der Waals surface area (Å²) in [7, 11) is 1.58. The molecule has 0 fully saturated rings. The highest BCUT2D eigenvalue weighted by molar-refractivity contribution is 5.94. The Hall–Kier alpha value is -3.61. The fourth-order valence-electron chi connectivity index (χ4n) is 2.94. The molecule has 3 aromatic rings. The van der Waals surface area contributed by atoms with Gasteiger partial charge in [-0.15, -0.1) is 0 Å². The number of aryl methyl sites for hydroxylation is 3. The number of nitrogens with zero attached hydrogens (tertiary/aromatic N) is 2. The topological polar surface area (TPSA) is 85.2 Å². The predicted octanol–water partition coefficient (Wildman–Crippen LogP) is 4.07. The van der Waals surface area contributed by atoms with Crippen molar-refractivity contribution < 1.29 is 9.53 Å². The van der Waals surface area contributed by atoms with Gasteiger partial charge in [0.1, 0.15) is 5.75 Å². The van der Waals surface area contributed by atoms with Crippen LogP contribution in [0.5, 0.6) is 11.5 Å². The van der Waals surface area contributed by atoms with Gasteiger partial charge >= 0.3 is 0 Å². The normalized spacial score (nSPS) is 10.5. The van der Waals surface area contributed by atoms with Gasteiger partial charge in [0.25, 0.3) is 11.5 Å². The summed E-state index contributed by atoms with van der Waals surface area (Å²) in [6, 6.07) is 12.8. The second-order valence-electron chi connectivity index (χ2n) is 7.14. The summed E-state index contributed by atoms with van der Waals surface area (Å²) in [4.78, 5) is 24.8. The van der Waals surface area contributed by atoms with Crippen LogP contribution in [-0.4, -0.2) is 22.2 Å². The molecular formula is C23H26N4O3. The molecule has 1 amide bonds. The molecule has 0 aliphatic rings. The maximum Gasteiger partial charge on any atom is 0.294 e. The number of amides is 1. The van der Waals surface area contributed by atoms with E-state index in [4.69, 9.17) is 4.74 Å². The van der Waals surface area contributed by atoms with E-state index in [-0.39, 0.29) is 17.2 Å². The van der Waals surface area contributed by atoms with E-state index in [0.29, 0.717) is 29.3 Å². The summed E-state index contributed by atoms with van der Waals surface area (Å²) < 4.78 is 7.25. The highest BCUT2D eigenvalue weighted by Crippen LogP contribution is 2.30. The maximum atomic E-state index is 12.7. The van der Waals surface area contributed by atoms with Gasteiger partial charge < -0.3 is 15.4 Å². The molecule has 3 rings (SSSR count). The monoisotopic (exact) mass is 406 g/mol. The number of aromatic nitrogens is 2. The third-order valence-corrected chi connectivity index (χ3v) is 4.60. The van der Waals surface area contributed by atoms with Crippen molar-refractivity contribution in [2.75, 3.05) is 11.9 Å². The molecule has 7 heteroatoms. The average Bonchev–Trinajstić information content (AvgIpc) is 2.73. The fraction of sp³-hybridized carbons (Fsp3) is 0.261. The van der Waals surface area contributed by atoms with Crippen LogP contribution in [0.4, 0.5) is 11.4 Å². The van der Waals surface area contributed by atoms with Crippen molar-refractivity contribution in [1.29, 1.82) is 0 Å². The van der Waals surface area contributed by atoms with Crippen LogP contribution in [0.2, 0.25) is 0 Å². The zero-order valence-electron chi connectivity index (χ0n) is 17.7. The number of carbonyl (C=O) groups is 1. The van der Waals surface area contributed by atoms with Gasteiger partial charge in [-0.1, -0.05) is 24.6 Å². The van der Waals surface area contributed by atoms with Crippen LogP contribution in [0.25, 0.3) is 0 Å². The average molecular weight is 406 g/mol. The lowest BCUT2D eigenvalue weighted by molar-refractivity contribution is 0.0953. The fourth-order valence-corrected chi connectivity index (χ4v) is 2.94. The Morgan fingerprint density at radius 3 is 2.50 bits per heavy atom. The molecule has 0 unspecified atom stereocenters. The van der Waals surface area contributed by atoms with E-state index in [0.717, 1.165) is 17.5 Å². The Bertz CT molecular complexity index is 1100. The number of benzene rings is 2. The summed E-state index contributed by atoms with van der Waals surface area (Å²) in [5.74, 6) is 0.860. The van der Waals surface area contributed by atoms with Crippen molar-refractivity contribution in [3.05, 3.63) is 75.7 Å². The van der Waals surface area contributed by atoms with E-state index in [1.165, 1.54) is 10.9 Å². The summed E-state index contributed by atoms with van der Waals surface area (Å²) in [5, 5.41) is 10.0. The van der Waals surface area contributed by atoms with Crippen molar-refractivity contribution in [3.63, 3.8) is 0 Å². The number of nitrogens with one attached hydrogen (secondary N) is 2. The Kier molecular flexibility index (Phi) is 6.51. The van der Waals surface area contributed by atoms with Crippen molar-refractivity contribution >= 4 is 17.3 Å². The van der Waals surface area contributed by atoms with Gasteiger partial charge in [0, 0.05) is 24.8 Å². The molecule has 0 radical (unpaired) electrons. The van der Waals surface area contributed by atoms with E-state index in [1.54, 1.807) is 31.3 Å². The van der Waals surface area contributed by atoms with Gasteiger partial charge in [0.2, 0.25) is 0 Å². The van der Waals surface area contributed by atoms with Crippen molar-refractivity contribution in [1.82, 2.24) is 15.1 Å². The SMILES string of the molecule is CCCNC(=O)c1ccc(Nc2c(Oc3ccc(C)cc3C)cnn(C)c2=O)cc1. The lowest BCUT2D eigenvalue weighted by atomic mass is 10.1. The Balaban J connectivity index is 1.87. The van der Waals surface area contributed by atoms with Gasteiger partial charge in [-0.3, -0.25) is 9.59 Å². The van der Waals surface area contributed by atoms with Crippen LogP contribution in [0.3, 0.4) is 0 Å². The third-order valence-electron chi connectivity index (χ3n) is 4.60. The maximum absolute atomic E-state index is 12.7. The van der Waals surface area contributed by atoms with E-state index in [1.807, 2.05) is 39.0 Å². The summed E-state index contributed by atoms with van der Waals surface area (Å²) in [6.45, 7) is 6.59. The zero-order valence-corrected chi connectivity index (χ0v) is 17.7. The first-order valence-corrected chi connectivity index (χ1v) is 9.85. The first-order chi connectivity index (χ1) is 14.4. The molecule has 0 bridgehead atoms. The van der Waals surface area contributed by atoms with Crippen molar-refractivity contribution in [3.8, 4) is 11.5 Å². The van der Waals surface area contributed by atoms with E-state index < -0.39 is 0 Å². The Morgan fingerprint density at radius 1 is 1.10 bits per heavy atom. The number of hydrogen-bond donors (Lipinski definition) is 2. The van der Waals surface area contributed by atoms with Crippen molar-refractivity contribution in [2.24, 2.45) is 7.05 Å². The highest BCUT2D eigenvalue weighted by atomic mass is 16.5. The number of anilines is 2. The molecular weight excluding hydrogens is 380 g/mol. The molecule has 156 valence electrons. The Morgan fingerprint density at radius 2 is 1.83 bits per heavy atom. The van der Waals surface area contributed by atoms with Gasteiger partial charge in [-0.05, 0) is 56.2 Å². The summed E-state index contributed by atoms with van der Waals surface area (Å²) in [6.07, 6.45) is 2.38. The molecule has 7 nitrogen and oxygen atoms in total. The smallest absolute Gasteiger partial charge is 0.294 e. The van der Waals surface area contributed by atoms with Crippen LogP contribution >= 0.6 is 0 Å². The molecule has 2 aromatic carbocycles. The minimum atomic E-state index is -0.318. The van der Waals surface area contributed by atoms with Crippen LogP contribution in [0.1, 0.15) is 34.8 Å². The zero-order chi connectivity index (χ0) is 21.7. The summed E-state index contributed by atoms with van der Waals surface area (Å²) >= 11 is 0. The van der Waals surface area contributed by atoms with Gasteiger partial charge in [0.05, 0.1) is 6.20 Å². The lowest BCUT2D eigenvalue weighted by Gasteiger charge is -2.15. The highest BCUT2D eigenvalue weighted by Gasteiger charge is 2.14. The van der Waals surface area contributed by atoms with E-state index in [2.05, 4.69) is 15.7 Å². The molecule has 1 heterocycles. The number of hydrogen-bond acceptors (Lipinski definition) is 5. The van der Waals surface area contributed by atoms with Crippen LogP contribution in [0, 0.1) is 13.8 Å². The third kappa shape index (κ3) is 4.86. The number of ether oxygens (including phenoxy) is 1. The van der Waals surface area contributed by atoms with E-state index in [9.17, 15) is 9.59 Å².